The van der Waals surface area contributed by atoms with Gasteiger partial charge in [0.15, 0.2) is 23.6 Å². The lowest BCUT2D eigenvalue weighted by atomic mass is 9.44. The maximum absolute atomic E-state index is 15.8. The number of rotatable bonds is 13. The summed E-state index contributed by atoms with van der Waals surface area (Å²) >= 11 is 0. The molecule has 4 aromatic carbocycles. The summed E-state index contributed by atoms with van der Waals surface area (Å²) in [6.07, 6.45) is -13.5. The predicted molar refractivity (Wildman–Crippen MR) is 259 cm³/mol. The van der Waals surface area contributed by atoms with Gasteiger partial charge in [-0.2, -0.15) is 0 Å². The van der Waals surface area contributed by atoms with Gasteiger partial charge in [-0.05, 0) is 60.4 Å². The molecule has 1 amide bonds. The summed E-state index contributed by atoms with van der Waals surface area (Å²) in [6.45, 7) is 6.57. The number of halogens is 1. The van der Waals surface area contributed by atoms with Crippen LogP contribution < -0.4 is 11.1 Å². The molecule has 13 atom stereocenters. The zero-order valence-electron chi connectivity index (χ0n) is 40.2. The number of hydrogen-bond donors (Lipinski definition) is 6. The average molecular weight is 1010 g/mol. The molecule has 2 saturated carbocycles. The number of Topliss-reactive ketones (excluding diaryl/α,β-unsaturated/α-hetero) is 1. The van der Waals surface area contributed by atoms with Crippen molar-refractivity contribution in [3.05, 3.63) is 155 Å². The van der Waals surface area contributed by atoms with Gasteiger partial charge in [-0.25, -0.2) is 14.4 Å². The minimum Gasteiger partial charge on any atom is -0.459 e. The van der Waals surface area contributed by atoms with Gasteiger partial charge in [0.25, 0.3) is 5.91 Å². The van der Waals surface area contributed by atoms with Gasteiger partial charge < -0.3 is 55.2 Å². The number of fused-ring (bicyclic) bond motifs is 5. The van der Waals surface area contributed by atoms with Crippen LogP contribution in [0.3, 0.4) is 0 Å². The monoisotopic (exact) mass is 1010 g/mol. The van der Waals surface area contributed by atoms with Gasteiger partial charge in [-0.15, -0.1) is 12.4 Å². The van der Waals surface area contributed by atoms with Gasteiger partial charge in [-0.1, -0.05) is 111 Å². The van der Waals surface area contributed by atoms with E-state index in [0.29, 0.717) is 11.1 Å². The van der Waals surface area contributed by atoms with Crippen molar-refractivity contribution in [2.75, 3.05) is 6.61 Å². The Morgan fingerprint density at radius 3 is 1.83 bits per heavy atom. The van der Waals surface area contributed by atoms with Crippen LogP contribution in [0.25, 0.3) is 0 Å². The molecule has 3 fully saturated rings. The molecule has 4 aliphatic rings. The van der Waals surface area contributed by atoms with Crippen LogP contribution >= 0.6 is 12.4 Å². The zero-order valence-corrected chi connectivity index (χ0v) is 41.0. The van der Waals surface area contributed by atoms with Crippen molar-refractivity contribution in [3.63, 3.8) is 0 Å². The average Bonchev–Trinajstić information content (AvgIpc) is 3.36. The number of nitrogens with one attached hydrogen (secondary N) is 1. The van der Waals surface area contributed by atoms with Crippen LogP contribution in [0.15, 0.2) is 132 Å². The number of esters is 4. The molecule has 0 spiro atoms. The third kappa shape index (κ3) is 9.23. The van der Waals surface area contributed by atoms with E-state index in [0.717, 1.165) is 6.92 Å². The first-order chi connectivity index (χ1) is 33.7. The van der Waals surface area contributed by atoms with Crippen molar-refractivity contribution < 1.29 is 72.9 Å². The van der Waals surface area contributed by atoms with Crippen molar-refractivity contribution >= 4 is 48.0 Å². The maximum atomic E-state index is 15.8. The fourth-order valence-corrected chi connectivity index (χ4v) is 11.3. The number of benzene rings is 4. The smallest absolute Gasteiger partial charge is 0.338 e. The lowest BCUT2D eigenvalue weighted by Crippen LogP contribution is -2.82. The molecular formula is C54H59ClN2O15. The third-order valence-corrected chi connectivity index (χ3v) is 15.2. The molecule has 72 heavy (non-hydrogen) atoms. The number of ether oxygens (including phenoxy) is 5. The molecule has 1 saturated heterocycles. The first-order valence-electron chi connectivity index (χ1n) is 23.4. The Hall–Kier alpha value is -6.31. The predicted octanol–water partition coefficient (Wildman–Crippen LogP) is 4.20. The molecule has 17 nitrogen and oxygen atoms in total. The largest absolute Gasteiger partial charge is 0.459 e. The summed E-state index contributed by atoms with van der Waals surface area (Å²) in [5, 5.41) is 52.5. The van der Waals surface area contributed by atoms with E-state index >= 15 is 4.79 Å². The molecule has 1 aliphatic heterocycles. The number of amides is 1. The van der Waals surface area contributed by atoms with Crippen molar-refractivity contribution in [1.82, 2.24) is 5.32 Å². The Labute approximate surface area is 422 Å². The number of ketones is 1. The van der Waals surface area contributed by atoms with E-state index in [1.807, 2.05) is 0 Å². The second-order valence-electron chi connectivity index (χ2n) is 19.6. The Balaban J connectivity index is 0.00000760. The van der Waals surface area contributed by atoms with Crippen LogP contribution in [-0.2, 0) is 42.9 Å². The molecule has 3 aliphatic carbocycles. The summed E-state index contributed by atoms with van der Waals surface area (Å²) in [5.74, 6) is -7.70. The number of aliphatic hydroxyl groups excluding tert-OH is 3. The second kappa shape index (κ2) is 20.7. The molecule has 8 rings (SSSR count). The quantitative estimate of drug-likeness (QED) is 0.0623. The zero-order chi connectivity index (χ0) is 51.2. The number of carbonyl (C=O) groups is 6. The van der Waals surface area contributed by atoms with Crippen molar-refractivity contribution in [3.8, 4) is 0 Å². The summed E-state index contributed by atoms with van der Waals surface area (Å²) < 4.78 is 30.9. The first-order valence-corrected chi connectivity index (χ1v) is 23.4. The van der Waals surface area contributed by atoms with Gasteiger partial charge in [0.2, 0.25) is 0 Å². The van der Waals surface area contributed by atoms with Crippen LogP contribution in [0, 0.1) is 16.7 Å². The molecule has 18 heteroatoms. The van der Waals surface area contributed by atoms with Gasteiger partial charge in [-0.3, -0.25) is 14.4 Å². The molecule has 1 heterocycles. The molecule has 2 bridgehead atoms. The van der Waals surface area contributed by atoms with E-state index in [1.165, 1.54) is 39.8 Å². The Morgan fingerprint density at radius 2 is 1.29 bits per heavy atom. The minimum absolute atomic E-state index is 0. The van der Waals surface area contributed by atoms with Crippen molar-refractivity contribution in [2.45, 2.75) is 113 Å². The minimum atomic E-state index is -2.50. The topological polar surface area (TPSA) is 268 Å². The van der Waals surface area contributed by atoms with Gasteiger partial charge in [0.1, 0.15) is 36.1 Å². The van der Waals surface area contributed by atoms with Crippen LogP contribution in [-0.4, -0.2) is 117 Å². The lowest BCUT2D eigenvalue weighted by Gasteiger charge is -2.67. The molecule has 382 valence electrons. The molecule has 4 unspecified atom stereocenters. The highest BCUT2D eigenvalue weighted by Crippen LogP contribution is 2.64. The first kappa shape index (κ1) is 53.5. The number of carbonyl (C=O) groups excluding carboxylic acids is 6. The molecule has 4 aromatic rings. The highest BCUT2D eigenvalue weighted by molar-refractivity contribution is 5.96. The Kier molecular flexibility index (Phi) is 15.4. The Morgan fingerprint density at radius 1 is 0.764 bits per heavy atom. The lowest BCUT2D eigenvalue weighted by molar-refractivity contribution is -0.346. The summed E-state index contributed by atoms with van der Waals surface area (Å²) in [5.41, 5.74) is -1.11. The number of nitrogens with two attached hydrogens (primary N) is 1. The van der Waals surface area contributed by atoms with Gasteiger partial charge in [0, 0.05) is 30.7 Å². The van der Waals surface area contributed by atoms with Crippen molar-refractivity contribution in [2.24, 2.45) is 22.5 Å². The number of aliphatic hydroxyl groups is 4. The van der Waals surface area contributed by atoms with Crippen LogP contribution in [0.5, 0.6) is 0 Å². The van der Waals surface area contributed by atoms with E-state index in [4.69, 9.17) is 29.4 Å². The van der Waals surface area contributed by atoms with E-state index in [-0.39, 0.29) is 41.1 Å². The molecule has 0 aromatic heterocycles. The highest BCUT2D eigenvalue weighted by atomic mass is 35.5. The number of hydrogen-bond acceptors (Lipinski definition) is 16. The van der Waals surface area contributed by atoms with Gasteiger partial charge >= 0.3 is 23.9 Å². The van der Waals surface area contributed by atoms with E-state index in [2.05, 4.69) is 5.32 Å². The van der Waals surface area contributed by atoms with Crippen LogP contribution in [0.2, 0.25) is 0 Å². The van der Waals surface area contributed by atoms with Gasteiger partial charge in [0.05, 0.1) is 35.6 Å². The standard InChI is InChI=1S/C54H58N2O15.ClH/c1-29-35(68-50(65)43(60)40(32-20-12-7-13-21-32)56-47(62)33-22-14-8-15-23-33)27-54(66)46(70-48(63)34-24-16-9-17-25-34)44-52(5,45(61)41(58)38(29)51(54,3)4)36(26-37-53(44,28-67-37)71-30(2)57)69-49(64)42(59)39(55)31-18-10-6-11-19-31;/h6-25,35-37,39-44,46,58-60,66H,26-28,55H2,1-5H3,(H,56,62);1H/t35-,36-,37+,39?,40-,41+,42?,43+,44?,46?,52+,53-,54+;/m0./s1. The maximum Gasteiger partial charge on any atom is 0.338 e. The molecular weight excluding hydrogens is 952 g/mol. The highest BCUT2D eigenvalue weighted by Gasteiger charge is 2.79. The molecule has 0 radical (unpaired) electrons. The van der Waals surface area contributed by atoms with Crippen LogP contribution in [0.4, 0.5) is 0 Å². The third-order valence-electron chi connectivity index (χ3n) is 15.2. The summed E-state index contributed by atoms with van der Waals surface area (Å²) in [4.78, 5) is 85.6. The normalized spacial score (nSPS) is 29.8. The fraction of sp³-hybridized carbons (Fsp3) is 0.407. The SMILES string of the molecule is CC(=O)O[C@@]12CO[C@@H]1C[C@H](OC(=O)C(O)C(N)c1ccccc1)[C@@]1(C)C(=O)[C@H](O)C3=C(C)[C@@H](OC(=O)[C@H](O)[C@@H](NC(=O)c4ccccc4)c4ccccc4)C[C@@](O)(C(OC(=O)c4ccccc4)C12)C3(C)C.Cl. The van der Waals surface area contributed by atoms with E-state index in [9.17, 15) is 44.4 Å². The summed E-state index contributed by atoms with van der Waals surface area (Å²) in [7, 11) is 0. The van der Waals surface area contributed by atoms with E-state index < -0.39 is 131 Å². The molecule has 7 N–H and O–H groups in total. The van der Waals surface area contributed by atoms with Crippen molar-refractivity contribution in [1.29, 1.82) is 0 Å². The summed E-state index contributed by atoms with van der Waals surface area (Å²) in [6, 6.07) is 29.6. The van der Waals surface area contributed by atoms with Crippen LogP contribution in [0.1, 0.15) is 91.4 Å². The Bertz CT molecular complexity index is 2710. The van der Waals surface area contributed by atoms with E-state index in [1.54, 1.807) is 109 Å². The fourth-order valence-electron chi connectivity index (χ4n) is 11.3. The second-order valence-corrected chi connectivity index (χ2v) is 19.6.